The molecule has 0 aliphatic carbocycles. The lowest BCUT2D eigenvalue weighted by Crippen LogP contribution is -2.30. The number of carbonyl (C=O) groups excluding carboxylic acids is 2. The number of nitrogens with zero attached hydrogens (tertiary/aromatic N) is 2. The van der Waals surface area contributed by atoms with Gasteiger partial charge in [-0.05, 0) is 54.4 Å². The minimum Gasteiger partial charge on any atom is -0.507 e. The molecule has 4 rings (SSSR count). The van der Waals surface area contributed by atoms with Gasteiger partial charge in [-0.3, -0.25) is 19.5 Å². The molecule has 1 aliphatic heterocycles. The summed E-state index contributed by atoms with van der Waals surface area (Å²) in [6.07, 6.45) is 2.86. The van der Waals surface area contributed by atoms with Crippen molar-refractivity contribution in [1.29, 1.82) is 0 Å². The molecule has 33 heavy (non-hydrogen) atoms. The molecule has 0 spiro atoms. The van der Waals surface area contributed by atoms with E-state index in [9.17, 15) is 23.5 Å². The Kier molecular flexibility index (Phi) is 5.86. The van der Waals surface area contributed by atoms with E-state index in [4.69, 9.17) is 16.3 Å². The summed E-state index contributed by atoms with van der Waals surface area (Å²) < 4.78 is 33.5. The third-order valence-electron chi connectivity index (χ3n) is 5.28. The lowest BCUT2D eigenvalue weighted by Gasteiger charge is -2.25. The molecule has 2 aromatic carbocycles. The van der Waals surface area contributed by atoms with E-state index in [0.717, 1.165) is 17.0 Å². The Labute approximate surface area is 192 Å². The molecule has 1 fully saturated rings. The number of aliphatic hydroxyl groups is 1. The van der Waals surface area contributed by atoms with Crippen LogP contribution in [0.15, 0.2) is 60.4 Å². The Balaban J connectivity index is 2.02. The van der Waals surface area contributed by atoms with Crippen LogP contribution < -0.4 is 9.64 Å². The fourth-order valence-corrected chi connectivity index (χ4v) is 4.23. The summed E-state index contributed by atoms with van der Waals surface area (Å²) >= 11 is 6.25. The van der Waals surface area contributed by atoms with Gasteiger partial charge in [0.15, 0.2) is 0 Å². The van der Waals surface area contributed by atoms with Crippen LogP contribution in [0.1, 0.15) is 22.7 Å². The Hall–Kier alpha value is -3.78. The average Bonchev–Trinajstić information content (AvgIpc) is 3.04. The van der Waals surface area contributed by atoms with E-state index >= 15 is 0 Å². The first-order valence-corrected chi connectivity index (χ1v) is 10.1. The van der Waals surface area contributed by atoms with E-state index in [0.29, 0.717) is 17.2 Å². The molecule has 1 N–H and O–H groups in total. The molecule has 9 heteroatoms. The monoisotopic (exact) mass is 470 g/mol. The first-order valence-electron chi connectivity index (χ1n) is 9.75. The number of hydrogen-bond acceptors (Lipinski definition) is 5. The first-order chi connectivity index (χ1) is 15.7. The van der Waals surface area contributed by atoms with E-state index < -0.39 is 35.1 Å². The van der Waals surface area contributed by atoms with Crippen molar-refractivity contribution in [2.75, 3.05) is 12.0 Å². The number of halogens is 3. The zero-order valence-corrected chi connectivity index (χ0v) is 18.2. The number of aryl methyl sites for hydroxylation is 1. The van der Waals surface area contributed by atoms with Gasteiger partial charge in [0, 0.05) is 18.5 Å². The molecule has 0 bridgehead atoms. The number of ether oxygens (including phenoxy) is 1. The minimum absolute atomic E-state index is 0.0964. The van der Waals surface area contributed by atoms with Crippen LogP contribution in [0.4, 0.5) is 14.5 Å². The third-order valence-corrected chi connectivity index (χ3v) is 5.56. The summed E-state index contributed by atoms with van der Waals surface area (Å²) in [6, 6.07) is 7.66. The number of amides is 1. The predicted molar refractivity (Wildman–Crippen MR) is 118 cm³/mol. The zero-order chi connectivity index (χ0) is 23.9. The van der Waals surface area contributed by atoms with Crippen LogP contribution in [0.5, 0.6) is 5.75 Å². The molecule has 1 atom stereocenters. The molecule has 3 aromatic rings. The standard InChI is InChI=1S/C24H17ClF2N2O4/c1-12-9-15(23(33-2)16(25)10-12)21(30)19-20(13-5-7-28-8-6-13)29(24(32)22(19)31)18-4-3-14(26)11-17(18)27/h3-11,20,30H,1-2H3/b21-19+. The lowest BCUT2D eigenvalue weighted by atomic mass is 9.95. The van der Waals surface area contributed by atoms with Crippen molar-refractivity contribution in [3.63, 3.8) is 0 Å². The van der Waals surface area contributed by atoms with Gasteiger partial charge in [0.1, 0.15) is 23.1 Å². The smallest absolute Gasteiger partial charge is 0.300 e. The third kappa shape index (κ3) is 3.82. The molecule has 0 radical (unpaired) electrons. The molecule has 1 aliphatic rings. The van der Waals surface area contributed by atoms with Gasteiger partial charge in [0.25, 0.3) is 11.7 Å². The summed E-state index contributed by atoms with van der Waals surface area (Å²) in [5, 5.41) is 11.4. The second-order valence-corrected chi connectivity index (χ2v) is 7.78. The van der Waals surface area contributed by atoms with E-state index in [1.54, 1.807) is 19.1 Å². The SMILES string of the molecule is COc1c(Cl)cc(C)cc1/C(O)=C1\C(=O)C(=O)N(c2ccc(F)cc2F)C1c1ccncc1. The number of benzene rings is 2. The van der Waals surface area contributed by atoms with Gasteiger partial charge in [-0.25, -0.2) is 8.78 Å². The van der Waals surface area contributed by atoms with Crippen molar-refractivity contribution in [3.05, 3.63) is 93.8 Å². The van der Waals surface area contributed by atoms with Crippen molar-refractivity contribution in [3.8, 4) is 5.75 Å². The average molecular weight is 471 g/mol. The van der Waals surface area contributed by atoms with Crippen molar-refractivity contribution < 1.29 is 28.2 Å². The number of pyridine rings is 1. The molecule has 2 heterocycles. The minimum atomic E-state index is -1.21. The molecule has 1 saturated heterocycles. The van der Waals surface area contributed by atoms with Gasteiger partial charge in [-0.2, -0.15) is 0 Å². The summed E-state index contributed by atoms with van der Waals surface area (Å²) in [5.74, 6) is -4.44. The number of aliphatic hydroxyl groups excluding tert-OH is 1. The Bertz CT molecular complexity index is 1310. The van der Waals surface area contributed by atoms with Gasteiger partial charge in [-0.15, -0.1) is 0 Å². The van der Waals surface area contributed by atoms with Crippen molar-refractivity contribution in [2.24, 2.45) is 0 Å². The number of ketones is 1. The number of rotatable bonds is 4. The predicted octanol–water partition coefficient (Wildman–Crippen LogP) is 4.96. The van der Waals surface area contributed by atoms with Crippen LogP contribution in [-0.4, -0.2) is 28.9 Å². The van der Waals surface area contributed by atoms with E-state index in [1.807, 2.05) is 0 Å². The quantitative estimate of drug-likeness (QED) is 0.331. The van der Waals surface area contributed by atoms with Crippen LogP contribution >= 0.6 is 11.6 Å². The van der Waals surface area contributed by atoms with Crippen LogP contribution in [0, 0.1) is 18.6 Å². The summed E-state index contributed by atoms with van der Waals surface area (Å²) in [6.45, 7) is 1.73. The van der Waals surface area contributed by atoms with Gasteiger partial charge in [0.05, 0.1) is 35.0 Å². The van der Waals surface area contributed by atoms with Crippen molar-refractivity contribution in [2.45, 2.75) is 13.0 Å². The van der Waals surface area contributed by atoms with Crippen LogP contribution in [0.25, 0.3) is 5.76 Å². The van der Waals surface area contributed by atoms with Gasteiger partial charge < -0.3 is 9.84 Å². The number of anilines is 1. The fraction of sp³-hybridized carbons (Fsp3) is 0.125. The zero-order valence-electron chi connectivity index (χ0n) is 17.5. The molecule has 6 nitrogen and oxygen atoms in total. The second kappa shape index (κ2) is 8.63. The number of hydrogen-bond donors (Lipinski definition) is 1. The van der Waals surface area contributed by atoms with Crippen molar-refractivity contribution >= 4 is 34.7 Å². The lowest BCUT2D eigenvalue weighted by molar-refractivity contribution is -0.132. The number of Topliss-reactive ketones (excluding diaryl/α,β-unsaturated/α-hetero) is 1. The Morgan fingerprint density at radius 3 is 2.45 bits per heavy atom. The largest absolute Gasteiger partial charge is 0.507 e. The van der Waals surface area contributed by atoms with Crippen molar-refractivity contribution in [1.82, 2.24) is 4.98 Å². The summed E-state index contributed by atoms with van der Waals surface area (Å²) in [7, 11) is 1.35. The van der Waals surface area contributed by atoms with Gasteiger partial charge >= 0.3 is 0 Å². The second-order valence-electron chi connectivity index (χ2n) is 7.37. The normalized spacial score (nSPS) is 17.5. The van der Waals surface area contributed by atoms with E-state index in [1.165, 1.54) is 31.6 Å². The first kappa shape index (κ1) is 22.4. The van der Waals surface area contributed by atoms with E-state index in [2.05, 4.69) is 4.98 Å². The molecule has 0 saturated carbocycles. The number of aromatic nitrogens is 1. The fourth-order valence-electron chi connectivity index (χ4n) is 3.88. The van der Waals surface area contributed by atoms with E-state index in [-0.39, 0.29) is 27.6 Å². The maximum atomic E-state index is 14.7. The van der Waals surface area contributed by atoms with Gasteiger partial charge in [0.2, 0.25) is 0 Å². The number of methoxy groups -OCH3 is 1. The summed E-state index contributed by atoms with van der Waals surface area (Å²) in [5.41, 5.74) is 0.538. The molecule has 168 valence electrons. The Morgan fingerprint density at radius 1 is 1.12 bits per heavy atom. The van der Waals surface area contributed by atoms with Crippen LogP contribution in [0.2, 0.25) is 5.02 Å². The molecule has 1 unspecified atom stereocenters. The highest BCUT2D eigenvalue weighted by Gasteiger charge is 2.48. The highest BCUT2D eigenvalue weighted by molar-refractivity contribution is 6.51. The maximum Gasteiger partial charge on any atom is 0.300 e. The topological polar surface area (TPSA) is 79.7 Å². The highest BCUT2D eigenvalue weighted by atomic mass is 35.5. The summed E-state index contributed by atoms with van der Waals surface area (Å²) in [4.78, 5) is 31.0. The molecular formula is C24H17ClF2N2O4. The number of carbonyl (C=O) groups is 2. The molecule has 1 aromatic heterocycles. The van der Waals surface area contributed by atoms with Gasteiger partial charge in [-0.1, -0.05) is 11.6 Å². The van der Waals surface area contributed by atoms with Crippen LogP contribution in [0.3, 0.4) is 0 Å². The molecule has 1 amide bonds. The van der Waals surface area contributed by atoms with Crippen LogP contribution in [-0.2, 0) is 9.59 Å². The highest BCUT2D eigenvalue weighted by Crippen LogP contribution is 2.44. The maximum absolute atomic E-state index is 14.7. The molecular weight excluding hydrogens is 454 g/mol. The Morgan fingerprint density at radius 2 is 1.82 bits per heavy atom.